The van der Waals surface area contributed by atoms with Crippen LogP contribution in [0.4, 0.5) is 0 Å². The summed E-state index contributed by atoms with van der Waals surface area (Å²) in [6.07, 6.45) is 5.82. The van der Waals surface area contributed by atoms with Gasteiger partial charge in [-0.3, -0.25) is 4.79 Å². The standard InChI is InChI=1S/C14H28O3/c1-5-8-9-12(13(15)17-4)14(16,10-6-2)11-7-3/h12,16H,5-11H2,1-4H3. The summed E-state index contributed by atoms with van der Waals surface area (Å²) in [5.41, 5.74) is -0.883. The molecule has 0 saturated heterocycles. The highest BCUT2D eigenvalue weighted by atomic mass is 16.5. The van der Waals surface area contributed by atoms with Crippen molar-refractivity contribution in [3.8, 4) is 0 Å². The maximum Gasteiger partial charge on any atom is 0.311 e. The summed E-state index contributed by atoms with van der Waals surface area (Å²) in [6.45, 7) is 6.16. The summed E-state index contributed by atoms with van der Waals surface area (Å²) in [6, 6.07) is 0. The summed E-state index contributed by atoms with van der Waals surface area (Å²) >= 11 is 0. The minimum absolute atomic E-state index is 0.261. The quantitative estimate of drug-likeness (QED) is 0.633. The van der Waals surface area contributed by atoms with Crippen LogP contribution in [0.15, 0.2) is 0 Å². The maximum atomic E-state index is 11.8. The molecule has 3 nitrogen and oxygen atoms in total. The topological polar surface area (TPSA) is 46.5 Å². The fourth-order valence-corrected chi connectivity index (χ4v) is 2.50. The molecule has 0 aliphatic heterocycles. The van der Waals surface area contributed by atoms with Crippen molar-refractivity contribution < 1.29 is 14.6 Å². The van der Waals surface area contributed by atoms with Gasteiger partial charge in [0.2, 0.25) is 0 Å². The van der Waals surface area contributed by atoms with Gasteiger partial charge in [-0.25, -0.2) is 0 Å². The molecule has 1 N–H and O–H groups in total. The van der Waals surface area contributed by atoms with E-state index < -0.39 is 5.60 Å². The Kier molecular flexibility index (Phi) is 8.23. The van der Waals surface area contributed by atoms with Gasteiger partial charge < -0.3 is 9.84 Å². The van der Waals surface area contributed by atoms with Gasteiger partial charge in [0.05, 0.1) is 18.6 Å². The van der Waals surface area contributed by atoms with E-state index in [1.54, 1.807) is 0 Å². The van der Waals surface area contributed by atoms with Crippen molar-refractivity contribution in [3.63, 3.8) is 0 Å². The van der Waals surface area contributed by atoms with Crippen molar-refractivity contribution in [2.75, 3.05) is 7.11 Å². The largest absolute Gasteiger partial charge is 0.469 e. The molecule has 0 amide bonds. The molecule has 0 radical (unpaired) electrons. The zero-order valence-electron chi connectivity index (χ0n) is 11.8. The van der Waals surface area contributed by atoms with Gasteiger partial charge in [0.25, 0.3) is 0 Å². The zero-order chi connectivity index (χ0) is 13.3. The number of aliphatic hydroxyl groups is 1. The number of ether oxygens (including phenoxy) is 1. The summed E-state index contributed by atoms with van der Waals surface area (Å²) in [5, 5.41) is 10.7. The number of methoxy groups -OCH3 is 1. The Bertz CT molecular complexity index is 208. The van der Waals surface area contributed by atoms with Gasteiger partial charge in [0, 0.05) is 0 Å². The van der Waals surface area contributed by atoms with E-state index in [2.05, 4.69) is 6.92 Å². The Balaban J connectivity index is 4.84. The molecule has 102 valence electrons. The first-order valence-corrected chi connectivity index (χ1v) is 6.85. The molecular formula is C14H28O3. The predicted octanol–water partition coefficient (Wildman–Crippen LogP) is 3.30. The molecule has 0 aromatic heterocycles. The third-order valence-electron chi connectivity index (χ3n) is 3.35. The first-order chi connectivity index (χ1) is 8.05. The maximum absolute atomic E-state index is 11.8. The van der Waals surface area contributed by atoms with Crippen LogP contribution >= 0.6 is 0 Å². The number of hydrogen-bond acceptors (Lipinski definition) is 3. The molecule has 0 bridgehead atoms. The Labute approximate surface area is 106 Å². The lowest BCUT2D eigenvalue weighted by molar-refractivity contribution is -0.158. The van der Waals surface area contributed by atoms with Crippen LogP contribution < -0.4 is 0 Å². The Hall–Kier alpha value is -0.570. The zero-order valence-corrected chi connectivity index (χ0v) is 11.8. The fourth-order valence-electron chi connectivity index (χ4n) is 2.50. The van der Waals surface area contributed by atoms with Gasteiger partial charge in [-0.1, -0.05) is 46.5 Å². The molecule has 0 fully saturated rings. The van der Waals surface area contributed by atoms with Gasteiger partial charge >= 0.3 is 5.97 Å². The highest BCUT2D eigenvalue weighted by Crippen LogP contribution is 2.32. The van der Waals surface area contributed by atoms with Crippen LogP contribution in [0, 0.1) is 5.92 Å². The highest BCUT2D eigenvalue weighted by Gasteiger charge is 2.40. The lowest BCUT2D eigenvalue weighted by Crippen LogP contribution is -2.43. The second-order valence-corrected chi connectivity index (χ2v) is 4.82. The summed E-state index contributed by atoms with van der Waals surface area (Å²) < 4.78 is 4.85. The van der Waals surface area contributed by atoms with Crippen LogP contribution in [0.2, 0.25) is 0 Å². The van der Waals surface area contributed by atoms with Crippen LogP contribution in [-0.2, 0) is 9.53 Å². The van der Waals surface area contributed by atoms with E-state index >= 15 is 0 Å². The molecule has 0 saturated carbocycles. The second-order valence-electron chi connectivity index (χ2n) is 4.82. The third kappa shape index (κ3) is 5.07. The smallest absolute Gasteiger partial charge is 0.311 e. The first kappa shape index (κ1) is 16.4. The lowest BCUT2D eigenvalue weighted by Gasteiger charge is -2.34. The van der Waals surface area contributed by atoms with E-state index in [1.165, 1.54) is 7.11 Å². The van der Waals surface area contributed by atoms with Crippen molar-refractivity contribution in [2.45, 2.75) is 71.3 Å². The van der Waals surface area contributed by atoms with E-state index in [-0.39, 0.29) is 11.9 Å². The van der Waals surface area contributed by atoms with Crippen molar-refractivity contribution in [1.82, 2.24) is 0 Å². The number of carbonyl (C=O) groups is 1. The molecule has 0 aliphatic carbocycles. The van der Waals surface area contributed by atoms with Crippen molar-refractivity contribution in [3.05, 3.63) is 0 Å². The number of esters is 1. The van der Waals surface area contributed by atoms with E-state index in [0.29, 0.717) is 12.8 Å². The van der Waals surface area contributed by atoms with Crippen LogP contribution in [0.3, 0.4) is 0 Å². The Morgan fingerprint density at radius 1 is 1.18 bits per heavy atom. The molecule has 1 atom stereocenters. The average Bonchev–Trinajstić information content (AvgIpc) is 2.29. The van der Waals surface area contributed by atoms with Crippen LogP contribution in [0.5, 0.6) is 0 Å². The summed E-state index contributed by atoms with van der Waals surface area (Å²) in [7, 11) is 1.40. The highest BCUT2D eigenvalue weighted by molar-refractivity contribution is 5.73. The molecule has 0 rings (SSSR count). The molecule has 0 spiro atoms. The molecule has 0 aromatic rings. The van der Waals surface area contributed by atoms with Gasteiger partial charge in [-0.05, 0) is 19.3 Å². The Morgan fingerprint density at radius 3 is 2.06 bits per heavy atom. The number of rotatable bonds is 9. The second kappa shape index (κ2) is 8.51. The normalized spacial score (nSPS) is 13.5. The van der Waals surface area contributed by atoms with E-state index in [9.17, 15) is 9.90 Å². The van der Waals surface area contributed by atoms with E-state index in [4.69, 9.17) is 4.74 Å². The molecule has 0 aromatic carbocycles. The van der Waals surface area contributed by atoms with Crippen molar-refractivity contribution in [2.24, 2.45) is 5.92 Å². The average molecular weight is 244 g/mol. The minimum Gasteiger partial charge on any atom is -0.469 e. The lowest BCUT2D eigenvalue weighted by atomic mass is 9.77. The molecule has 3 heteroatoms. The Morgan fingerprint density at radius 2 is 1.71 bits per heavy atom. The molecular weight excluding hydrogens is 216 g/mol. The molecule has 0 heterocycles. The third-order valence-corrected chi connectivity index (χ3v) is 3.35. The minimum atomic E-state index is -0.883. The summed E-state index contributed by atoms with van der Waals surface area (Å²) in [4.78, 5) is 11.8. The fraction of sp³-hybridized carbons (Fsp3) is 0.929. The van der Waals surface area contributed by atoms with Gasteiger partial charge in [0.15, 0.2) is 0 Å². The van der Waals surface area contributed by atoms with Crippen LogP contribution in [0.1, 0.15) is 65.7 Å². The predicted molar refractivity (Wildman–Crippen MR) is 69.8 cm³/mol. The molecule has 0 aliphatic rings. The van der Waals surface area contributed by atoms with Gasteiger partial charge in [-0.15, -0.1) is 0 Å². The number of unbranched alkanes of at least 4 members (excludes halogenated alkanes) is 1. The number of carbonyl (C=O) groups excluding carboxylic acids is 1. The number of hydrogen-bond donors (Lipinski definition) is 1. The van der Waals surface area contributed by atoms with Crippen molar-refractivity contribution >= 4 is 5.97 Å². The van der Waals surface area contributed by atoms with Gasteiger partial charge in [-0.2, -0.15) is 0 Å². The first-order valence-electron chi connectivity index (χ1n) is 6.85. The summed E-state index contributed by atoms with van der Waals surface area (Å²) in [5.74, 6) is -0.629. The van der Waals surface area contributed by atoms with Crippen molar-refractivity contribution in [1.29, 1.82) is 0 Å². The van der Waals surface area contributed by atoms with E-state index in [1.807, 2.05) is 13.8 Å². The van der Waals surface area contributed by atoms with E-state index in [0.717, 1.165) is 32.1 Å². The van der Waals surface area contributed by atoms with Crippen LogP contribution in [0.25, 0.3) is 0 Å². The van der Waals surface area contributed by atoms with Crippen LogP contribution in [-0.4, -0.2) is 23.8 Å². The van der Waals surface area contributed by atoms with Gasteiger partial charge in [0.1, 0.15) is 0 Å². The SMILES string of the molecule is CCCCC(C(=O)OC)C(O)(CCC)CCC. The monoisotopic (exact) mass is 244 g/mol. The molecule has 17 heavy (non-hydrogen) atoms. The molecule has 1 unspecified atom stereocenters.